The number of aliphatic hydroxyl groups is 1. The lowest BCUT2D eigenvalue weighted by molar-refractivity contribution is 0.162. The third-order valence-electron chi connectivity index (χ3n) is 3.00. The second-order valence-corrected chi connectivity index (χ2v) is 7.06. The van der Waals surface area contributed by atoms with E-state index in [0.717, 1.165) is 13.1 Å². The number of aliphatic hydroxyl groups excluding tert-OH is 1. The van der Waals surface area contributed by atoms with Crippen molar-refractivity contribution in [3.63, 3.8) is 0 Å². The highest BCUT2D eigenvalue weighted by atomic mass is 35.5. The maximum absolute atomic E-state index is 10.2. The molecule has 0 aliphatic heterocycles. The van der Waals surface area contributed by atoms with E-state index in [9.17, 15) is 5.11 Å². The van der Waals surface area contributed by atoms with E-state index >= 15 is 0 Å². The van der Waals surface area contributed by atoms with Crippen molar-refractivity contribution in [2.24, 2.45) is 5.41 Å². The van der Waals surface area contributed by atoms with Crippen LogP contribution in [0.1, 0.15) is 25.5 Å². The Hall–Kier alpha value is -0.320. The molecule has 0 heterocycles. The number of nitrogens with one attached hydrogen (secondary N) is 1. The van der Waals surface area contributed by atoms with E-state index in [1.807, 2.05) is 0 Å². The first-order valence-electron chi connectivity index (χ1n) is 6.70. The lowest BCUT2D eigenvalue weighted by Crippen LogP contribution is -2.38. The molecule has 0 saturated carbocycles. The number of rotatable bonds is 7. The predicted octanol–water partition coefficient (Wildman–Crippen LogP) is 3.20. The first kappa shape index (κ1) is 17.7. The van der Waals surface area contributed by atoms with Crippen LogP contribution in [-0.2, 0) is 0 Å². The van der Waals surface area contributed by atoms with Crippen molar-refractivity contribution in [3.8, 4) is 0 Å². The van der Waals surface area contributed by atoms with Crippen molar-refractivity contribution in [2.75, 3.05) is 33.7 Å². The Morgan fingerprint density at radius 1 is 1.30 bits per heavy atom. The summed E-state index contributed by atoms with van der Waals surface area (Å²) in [6.07, 6.45) is -0.656. The van der Waals surface area contributed by atoms with Gasteiger partial charge in [-0.1, -0.05) is 37.0 Å². The normalized spacial score (nSPS) is 13.8. The second kappa shape index (κ2) is 7.62. The van der Waals surface area contributed by atoms with Gasteiger partial charge in [0, 0.05) is 35.2 Å². The van der Waals surface area contributed by atoms with E-state index in [1.165, 1.54) is 0 Å². The van der Waals surface area contributed by atoms with Gasteiger partial charge in [-0.2, -0.15) is 0 Å². The standard InChI is InChI=1S/C15H24Cl2N2O/c1-15(2,10-19(3)4)9-18-8-14(20)12-7-11(16)5-6-13(12)17/h5-7,14,18,20H,8-10H2,1-4H3. The Bertz CT molecular complexity index is 436. The molecule has 0 spiro atoms. The van der Waals surface area contributed by atoms with Gasteiger partial charge < -0.3 is 15.3 Å². The fourth-order valence-electron chi connectivity index (χ4n) is 2.34. The summed E-state index contributed by atoms with van der Waals surface area (Å²) in [6, 6.07) is 5.13. The molecule has 1 rings (SSSR count). The SMILES string of the molecule is CN(C)CC(C)(C)CNCC(O)c1cc(Cl)ccc1Cl. The zero-order valence-corrected chi connectivity index (χ0v) is 14.1. The van der Waals surface area contributed by atoms with Crippen LogP contribution in [0.25, 0.3) is 0 Å². The summed E-state index contributed by atoms with van der Waals surface area (Å²) in [6.45, 7) is 6.64. The Kier molecular flexibility index (Phi) is 6.76. The smallest absolute Gasteiger partial charge is 0.0929 e. The summed E-state index contributed by atoms with van der Waals surface area (Å²) in [5.74, 6) is 0. The van der Waals surface area contributed by atoms with Crippen molar-refractivity contribution < 1.29 is 5.11 Å². The van der Waals surface area contributed by atoms with Crippen molar-refractivity contribution in [3.05, 3.63) is 33.8 Å². The zero-order valence-electron chi connectivity index (χ0n) is 12.6. The highest BCUT2D eigenvalue weighted by Gasteiger charge is 2.19. The summed E-state index contributed by atoms with van der Waals surface area (Å²) in [5.41, 5.74) is 0.804. The van der Waals surface area contributed by atoms with E-state index in [4.69, 9.17) is 23.2 Å². The van der Waals surface area contributed by atoms with Crippen molar-refractivity contribution in [2.45, 2.75) is 20.0 Å². The molecule has 3 nitrogen and oxygen atoms in total. The van der Waals surface area contributed by atoms with Crippen LogP contribution < -0.4 is 5.32 Å². The third-order valence-corrected chi connectivity index (χ3v) is 3.58. The van der Waals surface area contributed by atoms with Crippen LogP contribution in [0, 0.1) is 5.41 Å². The minimum Gasteiger partial charge on any atom is -0.387 e. The summed E-state index contributed by atoms with van der Waals surface area (Å²) >= 11 is 12.0. The van der Waals surface area contributed by atoms with Crippen molar-refractivity contribution in [1.29, 1.82) is 0 Å². The lowest BCUT2D eigenvalue weighted by Gasteiger charge is -2.29. The molecule has 1 atom stereocenters. The lowest BCUT2D eigenvalue weighted by atomic mass is 9.93. The fraction of sp³-hybridized carbons (Fsp3) is 0.600. The minimum absolute atomic E-state index is 0.140. The Morgan fingerprint density at radius 2 is 1.95 bits per heavy atom. The molecule has 0 aliphatic carbocycles. The van der Waals surface area contributed by atoms with E-state index in [1.54, 1.807) is 18.2 Å². The maximum Gasteiger partial charge on any atom is 0.0929 e. The minimum atomic E-state index is -0.656. The highest BCUT2D eigenvalue weighted by molar-refractivity contribution is 6.33. The molecular formula is C15H24Cl2N2O. The van der Waals surface area contributed by atoms with Gasteiger partial charge in [0.05, 0.1) is 6.10 Å². The molecule has 20 heavy (non-hydrogen) atoms. The molecule has 1 aromatic rings. The summed E-state index contributed by atoms with van der Waals surface area (Å²) in [7, 11) is 4.12. The molecule has 0 fully saturated rings. The first-order valence-corrected chi connectivity index (χ1v) is 7.45. The average molecular weight is 319 g/mol. The molecule has 2 N–H and O–H groups in total. The van der Waals surface area contributed by atoms with Gasteiger partial charge in [0.15, 0.2) is 0 Å². The zero-order chi connectivity index (χ0) is 15.3. The van der Waals surface area contributed by atoms with Crippen LogP contribution in [0.3, 0.4) is 0 Å². The molecule has 114 valence electrons. The number of hydrogen-bond acceptors (Lipinski definition) is 3. The van der Waals surface area contributed by atoms with E-state index < -0.39 is 6.10 Å². The number of halogens is 2. The van der Waals surface area contributed by atoms with Crippen LogP contribution in [0.15, 0.2) is 18.2 Å². The molecule has 0 aromatic heterocycles. The van der Waals surface area contributed by atoms with Gasteiger partial charge in [-0.3, -0.25) is 0 Å². The van der Waals surface area contributed by atoms with Gasteiger partial charge in [-0.05, 0) is 37.7 Å². The summed E-state index contributed by atoms with van der Waals surface area (Å²) in [5, 5.41) is 14.6. The molecule has 5 heteroatoms. The van der Waals surface area contributed by atoms with Crippen molar-refractivity contribution in [1.82, 2.24) is 10.2 Å². The highest BCUT2D eigenvalue weighted by Crippen LogP contribution is 2.26. The van der Waals surface area contributed by atoms with Gasteiger partial charge >= 0.3 is 0 Å². The van der Waals surface area contributed by atoms with Gasteiger partial charge in [-0.25, -0.2) is 0 Å². The quantitative estimate of drug-likeness (QED) is 0.810. The number of benzene rings is 1. The fourth-order valence-corrected chi connectivity index (χ4v) is 2.76. The third kappa shape index (κ3) is 5.98. The molecule has 1 aromatic carbocycles. The van der Waals surface area contributed by atoms with Gasteiger partial charge in [-0.15, -0.1) is 0 Å². The first-order chi connectivity index (χ1) is 9.21. The number of hydrogen-bond donors (Lipinski definition) is 2. The monoisotopic (exact) mass is 318 g/mol. The van der Waals surface area contributed by atoms with Crippen LogP contribution in [-0.4, -0.2) is 43.7 Å². The topological polar surface area (TPSA) is 35.5 Å². The Labute approximate surface area is 131 Å². The Morgan fingerprint density at radius 3 is 2.55 bits per heavy atom. The van der Waals surface area contributed by atoms with Crippen LogP contribution in [0.2, 0.25) is 10.0 Å². The van der Waals surface area contributed by atoms with E-state index in [0.29, 0.717) is 22.2 Å². The molecular weight excluding hydrogens is 295 g/mol. The molecule has 0 aliphatic rings. The molecule has 0 bridgehead atoms. The molecule has 0 radical (unpaired) electrons. The summed E-state index contributed by atoms with van der Waals surface area (Å²) < 4.78 is 0. The van der Waals surface area contributed by atoms with Crippen LogP contribution in [0.4, 0.5) is 0 Å². The molecule has 0 amide bonds. The van der Waals surface area contributed by atoms with Gasteiger partial charge in [0.1, 0.15) is 0 Å². The number of nitrogens with zero attached hydrogens (tertiary/aromatic N) is 1. The average Bonchev–Trinajstić information content (AvgIpc) is 2.30. The molecule has 0 saturated heterocycles. The van der Waals surface area contributed by atoms with E-state index in [2.05, 4.69) is 38.2 Å². The molecule has 1 unspecified atom stereocenters. The van der Waals surface area contributed by atoms with Crippen LogP contribution >= 0.6 is 23.2 Å². The summed E-state index contributed by atoms with van der Waals surface area (Å²) in [4.78, 5) is 2.16. The van der Waals surface area contributed by atoms with Gasteiger partial charge in [0.25, 0.3) is 0 Å². The van der Waals surface area contributed by atoms with Gasteiger partial charge in [0.2, 0.25) is 0 Å². The second-order valence-electron chi connectivity index (χ2n) is 6.21. The van der Waals surface area contributed by atoms with E-state index in [-0.39, 0.29) is 5.41 Å². The largest absolute Gasteiger partial charge is 0.387 e. The Balaban J connectivity index is 2.51. The van der Waals surface area contributed by atoms with Crippen molar-refractivity contribution >= 4 is 23.2 Å². The predicted molar refractivity (Wildman–Crippen MR) is 86.6 cm³/mol. The van der Waals surface area contributed by atoms with Crippen LogP contribution in [0.5, 0.6) is 0 Å². The maximum atomic E-state index is 10.2.